The summed E-state index contributed by atoms with van der Waals surface area (Å²) in [5.41, 5.74) is 0. The van der Waals surface area contributed by atoms with Crippen LogP contribution in [0.5, 0.6) is 0 Å². The Morgan fingerprint density at radius 1 is 1.45 bits per heavy atom. The number of halogens is 3. The van der Waals surface area contributed by atoms with E-state index in [1.807, 2.05) is 0 Å². The minimum Gasteiger partial charge on any atom is -0.364 e. The van der Waals surface area contributed by atoms with Crippen LogP contribution in [0, 0.1) is 0 Å². The lowest BCUT2D eigenvalue weighted by molar-refractivity contribution is -0.133. The van der Waals surface area contributed by atoms with Gasteiger partial charge in [-0.2, -0.15) is 0 Å². The molecular weight excluding hydrogens is 316 g/mol. The van der Waals surface area contributed by atoms with Gasteiger partial charge in [0.05, 0.1) is 12.6 Å². The van der Waals surface area contributed by atoms with Crippen molar-refractivity contribution in [3.63, 3.8) is 0 Å². The van der Waals surface area contributed by atoms with E-state index < -0.39 is 18.5 Å². The third-order valence-corrected chi connectivity index (χ3v) is 4.10. The van der Waals surface area contributed by atoms with Gasteiger partial charge in [0.25, 0.3) is 5.92 Å². The summed E-state index contributed by atoms with van der Waals surface area (Å²) >= 11 is 5.66. The van der Waals surface area contributed by atoms with Gasteiger partial charge < -0.3 is 15.5 Å². The van der Waals surface area contributed by atoms with Gasteiger partial charge in [0.1, 0.15) is 5.82 Å². The number of carbonyl (C=O) groups excluding carboxylic acids is 1. The molecule has 2 atom stereocenters. The minimum atomic E-state index is -2.76. The predicted molar refractivity (Wildman–Crippen MR) is 77.0 cm³/mol. The van der Waals surface area contributed by atoms with Gasteiger partial charge in [-0.1, -0.05) is 11.6 Å². The molecule has 9 heteroatoms. The fraction of sp³-hybridized carbons (Fsp3) is 0.615. The van der Waals surface area contributed by atoms with Gasteiger partial charge in [0, 0.05) is 25.6 Å². The van der Waals surface area contributed by atoms with Gasteiger partial charge in [-0.05, 0) is 18.6 Å². The molecule has 2 fully saturated rings. The monoisotopic (exact) mass is 331 g/mol. The summed E-state index contributed by atoms with van der Waals surface area (Å²) < 4.78 is 26.4. The maximum absolute atomic E-state index is 13.2. The topological polar surface area (TPSA) is 70.1 Å². The van der Waals surface area contributed by atoms with Crippen LogP contribution in [0.3, 0.4) is 0 Å². The van der Waals surface area contributed by atoms with E-state index in [-0.39, 0.29) is 24.9 Å². The molecule has 1 amide bonds. The molecule has 2 N–H and O–H groups in total. The second-order valence-corrected chi connectivity index (χ2v) is 6.03. The summed E-state index contributed by atoms with van der Waals surface area (Å²) in [4.78, 5) is 13.5. The van der Waals surface area contributed by atoms with Gasteiger partial charge in [-0.15, -0.1) is 10.2 Å². The van der Waals surface area contributed by atoms with E-state index in [0.717, 1.165) is 0 Å². The smallest absolute Gasteiger partial charge is 0.267 e. The standard InChI is InChI=1S/C13H16ClF2N5O/c14-10-1-2-11(20-19-10)18-8-5-9(17-6-8)12(22)21-4-3-13(15,16)7-21/h1-2,8-9,17H,3-7H2,(H,18,20)/t8-,9-/m0/s1. The SMILES string of the molecule is O=C([C@@H]1C[C@H](Nc2ccc(Cl)nn2)CN1)N1CCC(F)(F)C1. The third kappa shape index (κ3) is 3.44. The molecule has 0 unspecified atom stereocenters. The van der Waals surface area contributed by atoms with Crippen LogP contribution in [0.2, 0.25) is 5.15 Å². The largest absolute Gasteiger partial charge is 0.364 e. The van der Waals surface area contributed by atoms with Crippen LogP contribution in [0.25, 0.3) is 0 Å². The van der Waals surface area contributed by atoms with Crippen molar-refractivity contribution in [2.24, 2.45) is 0 Å². The number of rotatable bonds is 3. The molecule has 2 aliphatic rings. The van der Waals surface area contributed by atoms with Crippen molar-refractivity contribution in [3.8, 4) is 0 Å². The Labute approximate surface area is 131 Å². The summed E-state index contributed by atoms with van der Waals surface area (Å²) in [6.07, 6.45) is 0.263. The van der Waals surface area contributed by atoms with Crippen molar-refractivity contribution >= 4 is 23.3 Å². The molecule has 1 aromatic heterocycles. The molecular formula is C13H16ClF2N5O. The predicted octanol–water partition coefficient (Wildman–Crippen LogP) is 1.14. The lowest BCUT2D eigenvalue weighted by Crippen LogP contribution is -2.43. The van der Waals surface area contributed by atoms with Gasteiger partial charge in [-0.3, -0.25) is 4.79 Å². The van der Waals surface area contributed by atoms with E-state index >= 15 is 0 Å². The zero-order valence-corrected chi connectivity index (χ0v) is 12.5. The summed E-state index contributed by atoms with van der Waals surface area (Å²) in [6, 6.07) is 2.87. The first-order valence-electron chi connectivity index (χ1n) is 7.09. The van der Waals surface area contributed by atoms with Gasteiger partial charge in [0.2, 0.25) is 5.91 Å². The lowest BCUT2D eigenvalue weighted by Gasteiger charge is -2.20. The van der Waals surface area contributed by atoms with E-state index in [9.17, 15) is 13.6 Å². The van der Waals surface area contributed by atoms with Crippen LogP contribution >= 0.6 is 11.6 Å². The van der Waals surface area contributed by atoms with E-state index in [1.54, 1.807) is 12.1 Å². The minimum absolute atomic E-state index is 0.00691. The number of hydrogen-bond donors (Lipinski definition) is 2. The molecule has 0 spiro atoms. The van der Waals surface area contributed by atoms with Gasteiger partial charge in [-0.25, -0.2) is 8.78 Å². The third-order valence-electron chi connectivity index (χ3n) is 3.89. The Balaban J connectivity index is 1.54. The Morgan fingerprint density at radius 2 is 2.27 bits per heavy atom. The number of amides is 1. The first-order chi connectivity index (χ1) is 10.4. The molecule has 22 heavy (non-hydrogen) atoms. The van der Waals surface area contributed by atoms with E-state index in [2.05, 4.69) is 20.8 Å². The number of carbonyl (C=O) groups is 1. The Morgan fingerprint density at radius 3 is 2.91 bits per heavy atom. The maximum Gasteiger partial charge on any atom is 0.267 e. The average molecular weight is 332 g/mol. The van der Waals surface area contributed by atoms with Crippen molar-refractivity contribution in [3.05, 3.63) is 17.3 Å². The quantitative estimate of drug-likeness (QED) is 0.869. The summed E-state index contributed by atoms with van der Waals surface area (Å²) in [5.74, 6) is -2.45. The molecule has 0 aliphatic carbocycles. The average Bonchev–Trinajstić information content (AvgIpc) is 3.07. The Bertz CT molecular complexity index is 556. The number of nitrogens with zero attached hydrogens (tertiary/aromatic N) is 3. The molecule has 0 aromatic carbocycles. The first kappa shape index (κ1) is 15.4. The van der Waals surface area contributed by atoms with Crippen LogP contribution in [0.4, 0.5) is 14.6 Å². The second-order valence-electron chi connectivity index (χ2n) is 5.64. The van der Waals surface area contributed by atoms with Crippen molar-refractivity contribution < 1.29 is 13.6 Å². The molecule has 2 aliphatic heterocycles. The molecule has 0 radical (unpaired) electrons. The van der Waals surface area contributed by atoms with Crippen LogP contribution in [0.1, 0.15) is 12.8 Å². The lowest BCUT2D eigenvalue weighted by atomic mass is 10.1. The fourth-order valence-electron chi connectivity index (χ4n) is 2.78. The molecule has 0 saturated carbocycles. The number of anilines is 1. The van der Waals surface area contributed by atoms with Gasteiger partial charge >= 0.3 is 0 Å². The molecule has 0 bridgehead atoms. The summed E-state index contributed by atoms with van der Waals surface area (Å²) in [7, 11) is 0. The fourth-order valence-corrected chi connectivity index (χ4v) is 2.88. The number of alkyl halides is 2. The zero-order valence-electron chi connectivity index (χ0n) is 11.7. The maximum atomic E-state index is 13.2. The highest BCUT2D eigenvalue weighted by Gasteiger charge is 2.43. The van der Waals surface area contributed by atoms with Crippen LogP contribution in [-0.4, -0.2) is 58.6 Å². The number of hydrogen-bond acceptors (Lipinski definition) is 5. The molecule has 1 aromatic rings. The van der Waals surface area contributed by atoms with E-state index in [4.69, 9.17) is 11.6 Å². The highest BCUT2D eigenvalue weighted by atomic mass is 35.5. The molecule has 2 saturated heterocycles. The first-order valence-corrected chi connectivity index (χ1v) is 7.46. The number of likely N-dealkylation sites (tertiary alicyclic amines) is 1. The Kier molecular flexibility index (Phi) is 4.14. The van der Waals surface area contributed by atoms with Crippen LogP contribution < -0.4 is 10.6 Å². The molecule has 3 rings (SSSR count). The van der Waals surface area contributed by atoms with Gasteiger partial charge in [0.15, 0.2) is 5.15 Å². The van der Waals surface area contributed by atoms with Crippen LogP contribution in [-0.2, 0) is 4.79 Å². The number of aromatic nitrogens is 2. The van der Waals surface area contributed by atoms with Crippen LogP contribution in [0.15, 0.2) is 12.1 Å². The number of nitrogens with one attached hydrogen (secondary N) is 2. The van der Waals surface area contributed by atoms with E-state index in [1.165, 1.54) is 4.90 Å². The van der Waals surface area contributed by atoms with Crippen molar-refractivity contribution in [2.45, 2.75) is 30.8 Å². The molecule has 6 nitrogen and oxygen atoms in total. The van der Waals surface area contributed by atoms with E-state index in [0.29, 0.717) is 23.9 Å². The highest BCUT2D eigenvalue weighted by Crippen LogP contribution is 2.28. The van der Waals surface area contributed by atoms with Crippen molar-refractivity contribution in [1.29, 1.82) is 0 Å². The Hall–Kier alpha value is -1.54. The highest BCUT2D eigenvalue weighted by molar-refractivity contribution is 6.29. The molecule has 120 valence electrons. The summed E-state index contributed by atoms with van der Waals surface area (Å²) in [5, 5.41) is 14.1. The second kappa shape index (κ2) is 5.92. The zero-order chi connectivity index (χ0) is 15.7. The van der Waals surface area contributed by atoms with Crippen molar-refractivity contribution in [1.82, 2.24) is 20.4 Å². The normalized spacial score (nSPS) is 27.1. The van der Waals surface area contributed by atoms with Crippen molar-refractivity contribution in [2.75, 3.05) is 25.0 Å². The molecule has 3 heterocycles. The summed E-state index contributed by atoms with van der Waals surface area (Å²) in [6.45, 7) is 0.195.